The summed E-state index contributed by atoms with van der Waals surface area (Å²) >= 11 is 0. The molecule has 0 spiro atoms. The second-order valence-electron chi connectivity index (χ2n) is 7.98. The van der Waals surface area contributed by atoms with Gasteiger partial charge in [-0.1, -0.05) is 31.4 Å². The first-order chi connectivity index (χ1) is 13.2. The highest BCUT2D eigenvalue weighted by molar-refractivity contribution is 5.35. The lowest BCUT2D eigenvalue weighted by atomic mass is 9.90. The molecule has 0 unspecified atom stereocenters. The number of halogens is 1. The molecule has 1 aromatic heterocycles. The predicted octanol–water partition coefficient (Wildman–Crippen LogP) is 3.80. The Bertz CT molecular complexity index is 855. The average molecular weight is 369 g/mol. The van der Waals surface area contributed by atoms with E-state index in [-0.39, 0.29) is 11.4 Å². The summed E-state index contributed by atoms with van der Waals surface area (Å²) in [5.41, 5.74) is 4.65. The van der Waals surface area contributed by atoms with E-state index in [1.807, 2.05) is 12.1 Å². The van der Waals surface area contributed by atoms with Gasteiger partial charge in [0.05, 0.1) is 5.69 Å². The van der Waals surface area contributed by atoms with Crippen molar-refractivity contribution in [2.75, 3.05) is 0 Å². The van der Waals surface area contributed by atoms with Gasteiger partial charge in [-0.2, -0.15) is 5.10 Å². The predicted molar refractivity (Wildman–Crippen MR) is 104 cm³/mol. The Morgan fingerprint density at radius 1 is 1.07 bits per heavy atom. The van der Waals surface area contributed by atoms with E-state index in [4.69, 9.17) is 0 Å². The van der Waals surface area contributed by atoms with Gasteiger partial charge in [0.2, 0.25) is 0 Å². The largest absolute Gasteiger partial charge is 0.310 e. The molecule has 4 nitrogen and oxygen atoms in total. The van der Waals surface area contributed by atoms with E-state index in [2.05, 4.69) is 15.5 Å². The highest BCUT2D eigenvalue weighted by Crippen LogP contribution is 2.23. The van der Waals surface area contributed by atoms with Crippen LogP contribution >= 0.6 is 0 Å². The number of benzene rings is 1. The van der Waals surface area contributed by atoms with E-state index in [9.17, 15) is 9.18 Å². The minimum atomic E-state index is -0.154. The molecule has 1 heterocycles. The summed E-state index contributed by atoms with van der Waals surface area (Å²) in [6.45, 7) is 0.571. The van der Waals surface area contributed by atoms with Gasteiger partial charge in [0.25, 0.3) is 5.56 Å². The van der Waals surface area contributed by atoms with Gasteiger partial charge in [-0.25, -0.2) is 9.49 Å². The number of H-pyrrole nitrogens is 1. The number of aromatic nitrogens is 2. The normalized spacial score (nSPS) is 17.7. The van der Waals surface area contributed by atoms with Crippen molar-refractivity contribution in [1.29, 1.82) is 0 Å². The lowest BCUT2D eigenvalue weighted by molar-refractivity contribution is 0.370. The minimum absolute atomic E-state index is 0.0510. The van der Waals surface area contributed by atoms with Crippen LogP contribution in [0.3, 0.4) is 0 Å². The quantitative estimate of drug-likeness (QED) is 0.843. The fraction of sp³-hybridized carbons (Fsp3) is 0.545. The molecule has 0 bridgehead atoms. The average Bonchev–Trinajstić information content (AvgIpc) is 2.71. The van der Waals surface area contributed by atoms with Crippen molar-refractivity contribution in [3.63, 3.8) is 0 Å². The fourth-order valence-corrected chi connectivity index (χ4v) is 4.50. The van der Waals surface area contributed by atoms with Crippen LogP contribution in [0.5, 0.6) is 0 Å². The molecule has 27 heavy (non-hydrogen) atoms. The molecule has 2 aliphatic rings. The Morgan fingerprint density at radius 2 is 1.85 bits per heavy atom. The lowest BCUT2D eigenvalue weighted by Gasteiger charge is -2.23. The molecule has 4 rings (SSSR count). The van der Waals surface area contributed by atoms with Crippen molar-refractivity contribution in [2.24, 2.45) is 0 Å². The van der Waals surface area contributed by atoms with E-state index in [0.29, 0.717) is 19.0 Å². The Balaban J connectivity index is 1.50. The van der Waals surface area contributed by atoms with Crippen molar-refractivity contribution in [2.45, 2.75) is 76.8 Å². The van der Waals surface area contributed by atoms with Crippen LogP contribution in [0.25, 0.3) is 0 Å². The third-order valence-electron chi connectivity index (χ3n) is 6.05. The van der Waals surface area contributed by atoms with Gasteiger partial charge in [-0.3, -0.25) is 4.79 Å². The number of nitrogens with zero attached hydrogens (tertiary/aromatic N) is 1. The topological polar surface area (TPSA) is 57.8 Å². The van der Waals surface area contributed by atoms with Gasteiger partial charge < -0.3 is 5.32 Å². The summed E-state index contributed by atoms with van der Waals surface area (Å²) in [7, 11) is 0. The minimum Gasteiger partial charge on any atom is -0.310 e. The van der Waals surface area contributed by atoms with Crippen LogP contribution in [0.1, 0.15) is 72.9 Å². The van der Waals surface area contributed by atoms with Crippen molar-refractivity contribution < 1.29 is 4.39 Å². The van der Waals surface area contributed by atoms with Crippen LogP contribution in [0.2, 0.25) is 0 Å². The van der Waals surface area contributed by atoms with Gasteiger partial charge in [-0.15, -0.1) is 0 Å². The van der Waals surface area contributed by atoms with Crippen molar-refractivity contribution in [3.05, 3.63) is 62.3 Å². The first-order valence-corrected chi connectivity index (χ1v) is 10.3. The third kappa shape index (κ3) is 4.29. The van der Waals surface area contributed by atoms with Crippen LogP contribution in [-0.2, 0) is 25.8 Å². The Hall–Kier alpha value is -2.01. The number of hydrogen-bond acceptors (Lipinski definition) is 3. The van der Waals surface area contributed by atoms with Gasteiger partial charge in [0.1, 0.15) is 5.82 Å². The first-order valence-electron chi connectivity index (χ1n) is 10.3. The summed E-state index contributed by atoms with van der Waals surface area (Å²) < 4.78 is 14.3. The van der Waals surface area contributed by atoms with Gasteiger partial charge >= 0.3 is 0 Å². The molecular weight excluding hydrogens is 341 g/mol. The molecular formula is C22H28FN3O. The summed E-state index contributed by atoms with van der Waals surface area (Å²) in [4.78, 5) is 12.0. The second kappa shape index (κ2) is 8.34. The first kappa shape index (κ1) is 18.4. The number of nitrogens with one attached hydrogen (secondary N) is 2. The Labute approximate surface area is 159 Å². The highest BCUT2D eigenvalue weighted by Gasteiger charge is 2.18. The Kier molecular flexibility index (Phi) is 5.67. The molecule has 2 N–H and O–H groups in total. The number of aromatic amines is 1. The lowest BCUT2D eigenvalue weighted by Crippen LogP contribution is -2.30. The van der Waals surface area contributed by atoms with E-state index in [1.165, 1.54) is 32.1 Å². The van der Waals surface area contributed by atoms with Crippen molar-refractivity contribution in [3.8, 4) is 0 Å². The number of fused-ring (bicyclic) bond motifs is 1. The van der Waals surface area contributed by atoms with Crippen LogP contribution in [0.4, 0.5) is 4.39 Å². The van der Waals surface area contributed by atoms with Crippen LogP contribution in [0, 0.1) is 5.82 Å². The van der Waals surface area contributed by atoms with Crippen molar-refractivity contribution >= 4 is 0 Å². The number of hydrogen-bond donors (Lipinski definition) is 2. The van der Waals surface area contributed by atoms with Crippen molar-refractivity contribution in [1.82, 2.24) is 15.5 Å². The zero-order valence-electron chi connectivity index (χ0n) is 15.8. The highest BCUT2D eigenvalue weighted by atomic mass is 19.1. The molecule has 0 atom stereocenters. The van der Waals surface area contributed by atoms with E-state index >= 15 is 0 Å². The van der Waals surface area contributed by atoms with Gasteiger partial charge in [0.15, 0.2) is 0 Å². The fourth-order valence-electron chi connectivity index (χ4n) is 4.50. The molecule has 144 valence electrons. The molecule has 1 saturated carbocycles. The monoisotopic (exact) mass is 369 g/mol. The maximum Gasteiger partial charge on any atom is 0.267 e. The zero-order valence-corrected chi connectivity index (χ0v) is 15.8. The molecule has 0 saturated heterocycles. The standard InChI is InChI=1S/C22H28FN3O/c23-20-11-10-15(12-16(20)14-24-17-6-2-1-3-7-17)13-21-18-8-4-5-9-19(18)22(27)26-25-21/h10-12,17,24H,1-9,13-14H2,(H,26,27). The van der Waals surface area contributed by atoms with Gasteiger partial charge in [-0.05, 0) is 55.7 Å². The second-order valence-corrected chi connectivity index (χ2v) is 7.98. The maximum atomic E-state index is 14.3. The molecule has 0 amide bonds. The molecule has 0 aliphatic heterocycles. The summed E-state index contributed by atoms with van der Waals surface area (Å²) in [6, 6.07) is 5.86. The zero-order chi connectivity index (χ0) is 18.6. The molecule has 2 aromatic rings. The maximum absolute atomic E-state index is 14.3. The molecule has 0 radical (unpaired) electrons. The Morgan fingerprint density at radius 3 is 2.67 bits per heavy atom. The SMILES string of the molecule is O=c1[nH]nc(Cc2ccc(F)c(CNC3CCCCC3)c2)c2c1CCCC2. The van der Waals surface area contributed by atoms with E-state index in [0.717, 1.165) is 53.6 Å². The van der Waals surface area contributed by atoms with Gasteiger partial charge in [0, 0.05) is 30.1 Å². The molecule has 2 aliphatic carbocycles. The summed E-state index contributed by atoms with van der Waals surface area (Å²) in [5.74, 6) is -0.154. The summed E-state index contributed by atoms with van der Waals surface area (Å²) in [5, 5.41) is 10.5. The molecule has 1 aromatic carbocycles. The number of rotatable bonds is 5. The van der Waals surface area contributed by atoms with Crippen LogP contribution < -0.4 is 10.9 Å². The molecule has 5 heteroatoms. The van der Waals surface area contributed by atoms with E-state index in [1.54, 1.807) is 6.07 Å². The molecule has 1 fully saturated rings. The van der Waals surface area contributed by atoms with E-state index < -0.39 is 0 Å². The smallest absolute Gasteiger partial charge is 0.267 e. The third-order valence-corrected chi connectivity index (χ3v) is 6.05. The van der Waals surface area contributed by atoms with Crippen LogP contribution in [0.15, 0.2) is 23.0 Å². The van der Waals surface area contributed by atoms with Crippen LogP contribution in [-0.4, -0.2) is 16.2 Å². The summed E-state index contributed by atoms with van der Waals surface area (Å²) in [6.07, 6.45) is 10.8.